The number of aliphatic imine (C=N–C) groups is 1. The van der Waals surface area contributed by atoms with Crippen LogP contribution >= 0.6 is 35.3 Å². The molecule has 114 valence electrons. The van der Waals surface area contributed by atoms with Crippen LogP contribution in [0.4, 0.5) is 0 Å². The first kappa shape index (κ1) is 17.7. The first-order valence-electron chi connectivity index (χ1n) is 6.27. The number of pyridine rings is 1. The number of guanidine groups is 1. The molecule has 0 saturated carbocycles. The van der Waals surface area contributed by atoms with E-state index < -0.39 is 0 Å². The molecule has 0 aliphatic carbocycles. The van der Waals surface area contributed by atoms with Crippen LogP contribution in [0.5, 0.6) is 5.88 Å². The van der Waals surface area contributed by atoms with E-state index in [9.17, 15) is 0 Å². The Morgan fingerprint density at radius 2 is 2.14 bits per heavy atom. The van der Waals surface area contributed by atoms with Crippen molar-refractivity contribution in [2.24, 2.45) is 4.99 Å². The first-order chi connectivity index (χ1) is 9.83. The van der Waals surface area contributed by atoms with Gasteiger partial charge < -0.3 is 15.4 Å². The molecule has 7 heteroatoms. The molecule has 2 aromatic rings. The molecule has 0 bridgehead atoms. The van der Waals surface area contributed by atoms with Gasteiger partial charge in [-0.1, -0.05) is 6.07 Å². The van der Waals surface area contributed by atoms with Crippen LogP contribution in [0.1, 0.15) is 11.1 Å². The predicted octanol–water partition coefficient (Wildman–Crippen LogP) is 2.63. The summed E-state index contributed by atoms with van der Waals surface area (Å²) in [5.74, 6) is 1.38. The highest BCUT2D eigenvalue weighted by Crippen LogP contribution is 2.12. The molecule has 2 heterocycles. The summed E-state index contributed by atoms with van der Waals surface area (Å²) in [6, 6.07) is 5.96. The molecule has 0 atom stereocenters. The number of hydrogen-bond donors (Lipinski definition) is 2. The molecule has 2 rings (SSSR count). The second kappa shape index (κ2) is 9.56. The van der Waals surface area contributed by atoms with E-state index in [-0.39, 0.29) is 24.0 Å². The maximum absolute atomic E-state index is 5.22. The highest BCUT2D eigenvalue weighted by Gasteiger charge is 2.04. The largest absolute Gasteiger partial charge is 0.481 e. The molecule has 0 spiro atoms. The average Bonchev–Trinajstić information content (AvgIpc) is 3.01. The monoisotopic (exact) mass is 418 g/mol. The normalized spacial score (nSPS) is 10.7. The quantitative estimate of drug-likeness (QED) is 0.446. The summed E-state index contributed by atoms with van der Waals surface area (Å²) in [7, 11) is 3.37. The number of rotatable bonds is 5. The average molecular weight is 418 g/mol. The van der Waals surface area contributed by atoms with Crippen LogP contribution in [-0.4, -0.2) is 25.1 Å². The smallest absolute Gasteiger partial charge is 0.218 e. The predicted molar refractivity (Wildman–Crippen MR) is 97.6 cm³/mol. The number of methoxy groups -OCH3 is 1. The van der Waals surface area contributed by atoms with Gasteiger partial charge in [0, 0.05) is 31.9 Å². The van der Waals surface area contributed by atoms with Gasteiger partial charge in [0.1, 0.15) is 0 Å². The minimum Gasteiger partial charge on any atom is -0.481 e. The Labute approximate surface area is 145 Å². The lowest BCUT2D eigenvalue weighted by Crippen LogP contribution is -2.36. The van der Waals surface area contributed by atoms with E-state index in [4.69, 9.17) is 4.74 Å². The zero-order valence-electron chi connectivity index (χ0n) is 12.0. The van der Waals surface area contributed by atoms with Gasteiger partial charge in [-0.2, -0.15) is 11.3 Å². The standard InChI is InChI=1S/C14H18N4OS.HI/c1-15-14(17-8-11-5-7-20-10-11)18-9-12-4-3-6-16-13(12)19-2;/h3-7,10H,8-9H2,1-2H3,(H2,15,17,18);1H. The van der Waals surface area contributed by atoms with E-state index in [1.54, 1.807) is 31.7 Å². The van der Waals surface area contributed by atoms with Crippen molar-refractivity contribution in [1.29, 1.82) is 0 Å². The van der Waals surface area contributed by atoms with Crippen LogP contribution in [0, 0.1) is 0 Å². The zero-order chi connectivity index (χ0) is 14.2. The van der Waals surface area contributed by atoms with Crippen LogP contribution in [0.3, 0.4) is 0 Å². The minimum atomic E-state index is 0. The zero-order valence-corrected chi connectivity index (χ0v) is 15.1. The van der Waals surface area contributed by atoms with Gasteiger partial charge in [0.2, 0.25) is 5.88 Å². The van der Waals surface area contributed by atoms with E-state index in [0.717, 1.165) is 18.1 Å². The molecule has 0 radical (unpaired) electrons. The van der Waals surface area contributed by atoms with Crippen molar-refractivity contribution in [2.75, 3.05) is 14.2 Å². The molecular weight excluding hydrogens is 399 g/mol. The van der Waals surface area contributed by atoms with Gasteiger partial charge in [-0.3, -0.25) is 4.99 Å². The summed E-state index contributed by atoms with van der Waals surface area (Å²) in [6.45, 7) is 1.37. The van der Waals surface area contributed by atoms with Crippen LogP contribution in [-0.2, 0) is 13.1 Å². The van der Waals surface area contributed by atoms with Gasteiger partial charge in [-0.15, -0.1) is 24.0 Å². The molecule has 5 nitrogen and oxygen atoms in total. The van der Waals surface area contributed by atoms with Gasteiger partial charge in [0.25, 0.3) is 0 Å². The highest BCUT2D eigenvalue weighted by atomic mass is 127. The first-order valence-corrected chi connectivity index (χ1v) is 7.21. The molecule has 0 aromatic carbocycles. The summed E-state index contributed by atoms with van der Waals surface area (Å²) >= 11 is 1.69. The number of ether oxygens (including phenoxy) is 1. The Morgan fingerprint density at radius 3 is 2.81 bits per heavy atom. The van der Waals surface area contributed by atoms with Gasteiger partial charge in [0.05, 0.1) is 7.11 Å². The summed E-state index contributed by atoms with van der Waals surface area (Å²) < 4.78 is 5.22. The Balaban J connectivity index is 0.00000220. The molecule has 2 N–H and O–H groups in total. The molecule has 0 aliphatic rings. The summed E-state index contributed by atoms with van der Waals surface area (Å²) in [5, 5.41) is 10.7. The van der Waals surface area contributed by atoms with Gasteiger partial charge in [-0.25, -0.2) is 4.98 Å². The lowest BCUT2D eigenvalue weighted by molar-refractivity contribution is 0.392. The highest BCUT2D eigenvalue weighted by molar-refractivity contribution is 14.0. The van der Waals surface area contributed by atoms with E-state index >= 15 is 0 Å². The van der Waals surface area contributed by atoms with Crippen molar-refractivity contribution in [2.45, 2.75) is 13.1 Å². The third kappa shape index (κ3) is 5.50. The Bertz CT molecular complexity index is 560. The molecule has 21 heavy (non-hydrogen) atoms. The van der Waals surface area contributed by atoms with Crippen molar-refractivity contribution in [3.05, 3.63) is 46.3 Å². The fourth-order valence-corrected chi connectivity index (χ4v) is 2.39. The molecule has 0 unspecified atom stereocenters. The third-order valence-electron chi connectivity index (χ3n) is 2.75. The summed E-state index contributed by atoms with van der Waals surface area (Å²) in [5.41, 5.74) is 2.24. The number of nitrogens with one attached hydrogen (secondary N) is 2. The van der Waals surface area contributed by atoms with Crippen molar-refractivity contribution in [1.82, 2.24) is 15.6 Å². The minimum absolute atomic E-state index is 0. The fourth-order valence-electron chi connectivity index (χ4n) is 1.72. The van der Waals surface area contributed by atoms with Crippen molar-refractivity contribution < 1.29 is 4.74 Å². The van der Waals surface area contributed by atoms with Gasteiger partial charge in [0.15, 0.2) is 5.96 Å². The molecular formula is C14H19IN4OS. The number of hydrogen-bond acceptors (Lipinski definition) is 4. The third-order valence-corrected chi connectivity index (χ3v) is 3.49. The maximum atomic E-state index is 5.22. The number of halogens is 1. The summed E-state index contributed by atoms with van der Waals surface area (Å²) in [4.78, 5) is 8.36. The maximum Gasteiger partial charge on any atom is 0.218 e. The van der Waals surface area contributed by atoms with Gasteiger partial charge in [-0.05, 0) is 28.5 Å². The lowest BCUT2D eigenvalue weighted by Gasteiger charge is -2.12. The van der Waals surface area contributed by atoms with E-state index in [0.29, 0.717) is 12.4 Å². The van der Waals surface area contributed by atoms with Gasteiger partial charge >= 0.3 is 0 Å². The molecule has 0 amide bonds. The lowest BCUT2D eigenvalue weighted by atomic mass is 10.2. The van der Waals surface area contributed by atoms with Crippen molar-refractivity contribution in [3.8, 4) is 5.88 Å². The number of thiophene rings is 1. The Hall–Kier alpha value is -1.35. The molecule has 0 fully saturated rings. The molecule has 2 aromatic heterocycles. The SMILES string of the molecule is CN=C(NCc1ccsc1)NCc1cccnc1OC.I. The second-order valence-corrected chi connectivity index (χ2v) is 4.86. The number of aromatic nitrogens is 1. The van der Waals surface area contributed by atoms with E-state index in [1.807, 2.05) is 12.1 Å². The molecule has 0 aliphatic heterocycles. The second-order valence-electron chi connectivity index (χ2n) is 4.08. The van der Waals surface area contributed by atoms with Crippen molar-refractivity contribution >= 4 is 41.3 Å². The van der Waals surface area contributed by atoms with Crippen LogP contribution in [0.25, 0.3) is 0 Å². The van der Waals surface area contributed by atoms with Crippen LogP contribution < -0.4 is 15.4 Å². The van der Waals surface area contributed by atoms with Crippen LogP contribution in [0.2, 0.25) is 0 Å². The van der Waals surface area contributed by atoms with E-state index in [1.165, 1.54) is 5.56 Å². The van der Waals surface area contributed by atoms with Crippen molar-refractivity contribution in [3.63, 3.8) is 0 Å². The fraction of sp³-hybridized carbons (Fsp3) is 0.286. The topological polar surface area (TPSA) is 58.5 Å². The summed E-state index contributed by atoms with van der Waals surface area (Å²) in [6.07, 6.45) is 1.71. The Kier molecular flexibility index (Phi) is 8.06. The molecule has 0 saturated heterocycles. The Morgan fingerprint density at radius 1 is 1.33 bits per heavy atom. The van der Waals surface area contributed by atoms with Crippen LogP contribution in [0.15, 0.2) is 40.1 Å². The van der Waals surface area contributed by atoms with E-state index in [2.05, 4.69) is 37.4 Å². The number of nitrogens with zero attached hydrogens (tertiary/aromatic N) is 2.